The number of anilines is 1. The fourth-order valence-corrected chi connectivity index (χ4v) is 2.74. The van der Waals surface area contributed by atoms with Gasteiger partial charge in [-0.15, -0.1) is 0 Å². The molecule has 1 aromatic heterocycles. The Bertz CT molecular complexity index is 402. The Labute approximate surface area is 119 Å². The lowest BCUT2D eigenvalue weighted by atomic mass is 9.90. The van der Waals surface area contributed by atoms with Gasteiger partial charge in [-0.1, -0.05) is 13.8 Å². The number of nitrogens with one attached hydrogen (secondary N) is 1. The fourth-order valence-electron chi connectivity index (χ4n) is 2.74. The van der Waals surface area contributed by atoms with E-state index >= 15 is 0 Å². The van der Waals surface area contributed by atoms with E-state index in [0.29, 0.717) is 5.95 Å². The second-order valence-corrected chi connectivity index (χ2v) is 5.11. The number of nitrogens with zero attached hydrogens (tertiary/aromatic N) is 3. The van der Waals surface area contributed by atoms with Gasteiger partial charge in [0.2, 0.25) is 5.95 Å². The Morgan fingerprint density at radius 1 is 1.25 bits per heavy atom. The van der Waals surface area contributed by atoms with Crippen molar-refractivity contribution < 1.29 is 9.13 Å². The monoisotopic (exact) mass is 282 g/mol. The molecule has 1 aromatic rings. The van der Waals surface area contributed by atoms with Crippen molar-refractivity contribution in [1.29, 1.82) is 0 Å². The molecule has 6 heteroatoms. The van der Waals surface area contributed by atoms with Crippen molar-refractivity contribution in [3.8, 4) is 0 Å². The molecule has 0 atom stereocenters. The second-order valence-electron chi connectivity index (χ2n) is 5.11. The van der Waals surface area contributed by atoms with Gasteiger partial charge in [0, 0.05) is 25.2 Å². The third-order valence-electron chi connectivity index (χ3n) is 4.19. The minimum Gasteiger partial charge on any atom is -0.379 e. The quantitative estimate of drug-likeness (QED) is 0.864. The second kappa shape index (κ2) is 6.95. The molecule has 1 saturated heterocycles. The van der Waals surface area contributed by atoms with Gasteiger partial charge >= 0.3 is 0 Å². The first-order chi connectivity index (χ1) is 9.70. The largest absolute Gasteiger partial charge is 0.379 e. The van der Waals surface area contributed by atoms with Crippen LogP contribution in [-0.4, -0.2) is 53.3 Å². The number of hydrogen-bond acceptors (Lipinski definition) is 5. The third-order valence-corrected chi connectivity index (χ3v) is 4.19. The van der Waals surface area contributed by atoms with Gasteiger partial charge in [0.25, 0.3) is 0 Å². The Hall–Kier alpha value is -1.27. The molecule has 0 radical (unpaired) electrons. The van der Waals surface area contributed by atoms with Crippen LogP contribution in [0.4, 0.5) is 10.3 Å². The van der Waals surface area contributed by atoms with E-state index in [-0.39, 0.29) is 5.54 Å². The molecule has 1 fully saturated rings. The average molecular weight is 282 g/mol. The van der Waals surface area contributed by atoms with Crippen LogP contribution in [0.25, 0.3) is 0 Å². The number of rotatable bonds is 6. The molecular weight excluding hydrogens is 259 g/mol. The van der Waals surface area contributed by atoms with Crippen molar-refractivity contribution in [3.63, 3.8) is 0 Å². The number of halogens is 1. The van der Waals surface area contributed by atoms with E-state index in [9.17, 15) is 4.39 Å². The standard InChI is InChI=1S/C14H23FN4O/c1-3-14(4-2,19-5-7-20-8-6-19)11-18-13-16-9-12(15)10-17-13/h9-10H,3-8,11H2,1-2H3,(H,16,17,18). The molecule has 1 aliphatic rings. The van der Waals surface area contributed by atoms with Crippen LogP contribution in [0, 0.1) is 5.82 Å². The lowest BCUT2D eigenvalue weighted by Gasteiger charge is -2.45. The van der Waals surface area contributed by atoms with Gasteiger partial charge in [-0.3, -0.25) is 4.90 Å². The zero-order valence-corrected chi connectivity index (χ0v) is 12.2. The molecule has 0 bridgehead atoms. The summed E-state index contributed by atoms with van der Waals surface area (Å²) in [5.41, 5.74) is 0.0710. The van der Waals surface area contributed by atoms with E-state index in [1.54, 1.807) is 0 Å². The summed E-state index contributed by atoms with van der Waals surface area (Å²) in [6, 6.07) is 0. The lowest BCUT2D eigenvalue weighted by Crippen LogP contribution is -2.56. The maximum Gasteiger partial charge on any atom is 0.222 e. The maximum atomic E-state index is 12.8. The Morgan fingerprint density at radius 3 is 2.40 bits per heavy atom. The third kappa shape index (κ3) is 3.43. The molecule has 2 rings (SSSR count). The van der Waals surface area contributed by atoms with Crippen LogP contribution in [0.5, 0.6) is 0 Å². The first kappa shape index (κ1) is 15.1. The van der Waals surface area contributed by atoms with Gasteiger partial charge in [0.15, 0.2) is 5.82 Å². The maximum absolute atomic E-state index is 12.8. The highest BCUT2D eigenvalue weighted by molar-refractivity contribution is 5.24. The summed E-state index contributed by atoms with van der Waals surface area (Å²) in [7, 11) is 0. The van der Waals surface area contributed by atoms with Crippen LogP contribution >= 0.6 is 0 Å². The molecule has 5 nitrogen and oxygen atoms in total. The first-order valence-corrected chi connectivity index (χ1v) is 7.24. The van der Waals surface area contributed by atoms with Gasteiger partial charge in [-0.2, -0.15) is 0 Å². The van der Waals surface area contributed by atoms with Crippen molar-refractivity contribution in [2.75, 3.05) is 38.2 Å². The van der Waals surface area contributed by atoms with Crippen LogP contribution in [0.2, 0.25) is 0 Å². The highest BCUT2D eigenvalue weighted by Gasteiger charge is 2.34. The molecule has 2 heterocycles. The lowest BCUT2D eigenvalue weighted by molar-refractivity contribution is -0.0213. The summed E-state index contributed by atoms with van der Waals surface area (Å²) in [5, 5.41) is 3.24. The van der Waals surface area contributed by atoms with E-state index in [0.717, 1.165) is 45.7 Å². The average Bonchev–Trinajstić information content (AvgIpc) is 2.51. The van der Waals surface area contributed by atoms with Crippen molar-refractivity contribution in [2.45, 2.75) is 32.2 Å². The summed E-state index contributed by atoms with van der Waals surface area (Å²) in [6.45, 7) is 8.63. The van der Waals surface area contributed by atoms with E-state index in [2.05, 4.69) is 34.0 Å². The highest BCUT2D eigenvalue weighted by Crippen LogP contribution is 2.25. The minimum atomic E-state index is -0.416. The number of aromatic nitrogens is 2. The normalized spacial score (nSPS) is 17.1. The number of ether oxygens (including phenoxy) is 1. The van der Waals surface area contributed by atoms with Crippen molar-refractivity contribution in [1.82, 2.24) is 14.9 Å². The Balaban J connectivity index is 2.02. The molecule has 112 valence electrons. The molecule has 0 amide bonds. The SMILES string of the molecule is CCC(CC)(CNc1ncc(F)cn1)N1CCOCC1. The van der Waals surface area contributed by atoms with Gasteiger partial charge in [-0.25, -0.2) is 14.4 Å². The number of morpholine rings is 1. The Kier molecular flexibility index (Phi) is 5.25. The zero-order chi connectivity index (χ0) is 14.4. The predicted octanol–water partition coefficient (Wildman–Crippen LogP) is 1.92. The van der Waals surface area contributed by atoms with Crippen molar-refractivity contribution >= 4 is 5.95 Å². The van der Waals surface area contributed by atoms with Gasteiger partial charge < -0.3 is 10.1 Å². The molecule has 0 unspecified atom stereocenters. The summed E-state index contributed by atoms with van der Waals surface area (Å²) in [6.07, 6.45) is 4.45. The zero-order valence-electron chi connectivity index (χ0n) is 12.2. The highest BCUT2D eigenvalue weighted by atomic mass is 19.1. The van der Waals surface area contributed by atoms with Crippen molar-refractivity contribution in [2.24, 2.45) is 0 Å². The smallest absolute Gasteiger partial charge is 0.222 e. The van der Waals surface area contributed by atoms with Crippen molar-refractivity contribution in [3.05, 3.63) is 18.2 Å². The summed E-state index contributed by atoms with van der Waals surface area (Å²) >= 11 is 0. The minimum absolute atomic E-state index is 0.0710. The molecule has 0 saturated carbocycles. The van der Waals surface area contributed by atoms with Crippen LogP contribution < -0.4 is 5.32 Å². The van der Waals surface area contributed by atoms with E-state index in [4.69, 9.17) is 4.74 Å². The van der Waals surface area contributed by atoms with Gasteiger partial charge in [0.1, 0.15) is 0 Å². The predicted molar refractivity (Wildman–Crippen MR) is 76.2 cm³/mol. The van der Waals surface area contributed by atoms with Crippen LogP contribution in [0.3, 0.4) is 0 Å². The Morgan fingerprint density at radius 2 is 1.85 bits per heavy atom. The molecule has 0 spiro atoms. The van der Waals surface area contributed by atoms with Gasteiger partial charge in [-0.05, 0) is 12.8 Å². The molecule has 20 heavy (non-hydrogen) atoms. The molecule has 1 N–H and O–H groups in total. The fraction of sp³-hybridized carbons (Fsp3) is 0.714. The topological polar surface area (TPSA) is 50.3 Å². The number of hydrogen-bond donors (Lipinski definition) is 1. The van der Waals surface area contributed by atoms with Gasteiger partial charge in [0.05, 0.1) is 25.6 Å². The molecule has 0 aliphatic carbocycles. The summed E-state index contributed by atoms with van der Waals surface area (Å²) in [5.74, 6) is 0.0620. The molecule has 1 aliphatic heterocycles. The summed E-state index contributed by atoms with van der Waals surface area (Å²) in [4.78, 5) is 10.4. The summed E-state index contributed by atoms with van der Waals surface area (Å²) < 4.78 is 18.2. The molecule has 0 aromatic carbocycles. The van der Waals surface area contributed by atoms with E-state index in [1.165, 1.54) is 12.4 Å². The van der Waals surface area contributed by atoms with Crippen LogP contribution in [0.1, 0.15) is 26.7 Å². The van der Waals surface area contributed by atoms with Crippen LogP contribution in [0.15, 0.2) is 12.4 Å². The molecular formula is C14H23FN4O. The van der Waals surface area contributed by atoms with Crippen LogP contribution in [-0.2, 0) is 4.74 Å². The van der Waals surface area contributed by atoms with E-state index < -0.39 is 5.82 Å². The first-order valence-electron chi connectivity index (χ1n) is 7.24. The van der Waals surface area contributed by atoms with E-state index in [1.807, 2.05) is 0 Å².